The summed E-state index contributed by atoms with van der Waals surface area (Å²) in [6.07, 6.45) is 0.0556. The SMILES string of the molecule is C[C@]1(N2C(=O)c3cccc(NC(=O)CN)c3C2=O)CCC(=O)NC1=O. The number of hydrogen-bond donors (Lipinski definition) is 3. The van der Waals surface area contributed by atoms with Gasteiger partial charge in [0.1, 0.15) is 5.54 Å². The van der Waals surface area contributed by atoms with Crippen LogP contribution in [0.1, 0.15) is 40.5 Å². The number of benzene rings is 1. The third kappa shape index (κ3) is 2.49. The molecular formula is C16H16N4O5. The Bertz CT molecular complexity index is 834. The highest BCUT2D eigenvalue weighted by Gasteiger charge is 2.53. The largest absolute Gasteiger partial charge is 0.324 e. The van der Waals surface area contributed by atoms with Crippen molar-refractivity contribution in [1.29, 1.82) is 0 Å². The van der Waals surface area contributed by atoms with Crippen LogP contribution in [0.25, 0.3) is 0 Å². The van der Waals surface area contributed by atoms with Crippen molar-refractivity contribution in [3.63, 3.8) is 0 Å². The zero-order valence-electron chi connectivity index (χ0n) is 13.4. The molecule has 2 aliphatic rings. The number of piperidine rings is 1. The predicted molar refractivity (Wildman–Crippen MR) is 85.4 cm³/mol. The summed E-state index contributed by atoms with van der Waals surface area (Å²) in [6, 6.07) is 4.45. The van der Waals surface area contributed by atoms with Gasteiger partial charge in [-0.25, -0.2) is 0 Å². The molecule has 25 heavy (non-hydrogen) atoms. The smallest absolute Gasteiger partial charge is 0.264 e. The normalized spacial score (nSPS) is 22.7. The molecule has 1 aromatic rings. The molecule has 1 fully saturated rings. The fourth-order valence-electron chi connectivity index (χ4n) is 3.05. The number of nitrogens with zero attached hydrogens (tertiary/aromatic N) is 1. The van der Waals surface area contributed by atoms with Crippen molar-refractivity contribution in [2.45, 2.75) is 25.3 Å². The third-order valence-corrected chi connectivity index (χ3v) is 4.45. The highest BCUT2D eigenvalue weighted by atomic mass is 16.2. The molecule has 3 rings (SSSR count). The van der Waals surface area contributed by atoms with Crippen molar-refractivity contribution in [2.24, 2.45) is 5.73 Å². The van der Waals surface area contributed by atoms with E-state index in [9.17, 15) is 24.0 Å². The van der Waals surface area contributed by atoms with E-state index in [0.29, 0.717) is 0 Å². The van der Waals surface area contributed by atoms with Gasteiger partial charge in [0.05, 0.1) is 23.4 Å². The number of fused-ring (bicyclic) bond motifs is 1. The fraction of sp³-hybridized carbons (Fsp3) is 0.312. The highest BCUT2D eigenvalue weighted by molar-refractivity contribution is 6.26. The Balaban J connectivity index is 2.03. The summed E-state index contributed by atoms with van der Waals surface area (Å²) in [5.74, 6) is -3.00. The van der Waals surface area contributed by atoms with Gasteiger partial charge in [0.15, 0.2) is 0 Å². The third-order valence-electron chi connectivity index (χ3n) is 4.45. The van der Waals surface area contributed by atoms with Crippen molar-refractivity contribution in [1.82, 2.24) is 10.2 Å². The molecule has 1 aromatic carbocycles. The van der Waals surface area contributed by atoms with Gasteiger partial charge in [-0.15, -0.1) is 0 Å². The van der Waals surface area contributed by atoms with Gasteiger partial charge in [-0.1, -0.05) is 6.07 Å². The minimum atomic E-state index is -1.48. The molecule has 5 amide bonds. The number of rotatable bonds is 3. The first kappa shape index (κ1) is 16.8. The quantitative estimate of drug-likeness (QED) is 0.624. The van der Waals surface area contributed by atoms with Crippen LogP contribution in [0.4, 0.5) is 5.69 Å². The summed E-state index contributed by atoms with van der Waals surface area (Å²) in [5.41, 5.74) is 4.05. The van der Waals surface area contributed by atoms with E-state index in [1.165, 1.54) is 25.1 Å². The van der Waals surface area contributed by atoms with Crippen LogP contribution in [0.3, 0.4) is 0 Å². The molecule has 0 saturated carbocycles. The van der Waals surface area contributed by atoms with E-state index in [2.05, 4.69) is 10.6 Å². The van der Waals surface area contributed by atoms with Crippen molar-refractivity contribution >= 4 is 35.2 Å². The van der Waals surface area contributed by atoms with Gasteiger partial charge < -0.3 is 11.1 Å². The monoisotopic (exact) mass is 344 g/mol. The van der Waals surface area contributed by atoms with Crippen molar-refractivity contribution < 1.29 is 24.0 Å². The second-order valence-corrected chi connectivity index (χ2v) is 6.08. The van der Waals surface area contributed by atoms with Crippen LogP contribution in [0.2, 0.25) is 0 Å². The number of carbonyl (C=O) groups is 5. The van der Waals surface area contributed by atoms with Gasteiger partial charge in [0.2, 0.25) is 11.8 Å². The van der Waals surface area contributed by atoms with Crippen molar-refractivity contribution in [3.05, 3.63) is 29.3 Å². The maximum Gasteiger partial charge on any atom is 0.264 e. The lowest BCUT2D eigenvalue weighted by molar-refractivity contribution is -0.141. The van der Waals surface area contributed by atoms with Crippen LogP contribution >= 0.6 is 0 Å². The zero-order valence-corrected chi connectivity index (χ0v) is 13.4. The van der Waals surface area contributed by atoms with Crippen molar-refractivity contribution in [3.8, 4) is 0 Å². The average Bonchev–Trinajstić information content (AvgIpc) is 2.84. The van der Waals surface area contributed by atoms with E-state index in [-0.39, 0.29) is 36.2 Å². The minimum absolute atomic E-state index is 0.0141. The van der Waals surface area contributed by atoms with Crippen LogP contribution in [-0.4, -0.2) is 46.5 Å². The fourth-order valence-corrected chi connectivity index (χ4v) is 3.05. The Morgan fingerprint density at radius 1 is 1.28 bits per heavy atom. The number of imide groups is 2. The summed E-state index contributed by atoms with van der Waals surface area (Å²) in [7, 11) is 0. The van der Waals surface area contributed by atoms with Crippen molar-refractivity contribution in [2.75, 3.05) is 11.9 Å². The van der Waals surface area contributed by atoms with Gasteiger partial charge in [-0.3, -0.25) is 34.2 Å². The molecule has 1 atom stereocenters. The molecule has 2 aliphatic heterocycles. The predicted octanol–water partition coefficient (Wildman–Crippen LogP) is -0.625. The summed E-state index contributed by atoms with van der Waals surface area (Å²) < 4.78 is 0. The van der Waals surface area contributed by atoms with Crippen LogP contribution in [0, 0.1) is 0 Å². The Labute approximate surface area is 142 Å². The standard InChI is InChI=1S/C16H16N4O5/c1-16(6-5-10(21)19-15(16)25)20-13(23)8-3-2-4-9(12(8)14(20)24)18-11(22)7-17/h2-4H,5-7,17H2,1H3,(H,18,22)(H,19,21,25)/t16-/m0/s1. The second kappa shape index (κ2) is 5.78. The molecule has 0 radical (unpaired) electrons. The topological polar surface area (TPSA) is 139 Å². The molecule has 1 saturated heterocycles. The molecule has 0 aromatic heterocycles. The van der Waals surface area contributed by atoms with Gasteiger partial charge in [0.25, 0.3) is 17.7 Å². The molecule has 9 nitrogen and oxygen atoms in total. The lowest BCUT2D eigenvalue weighted by Gasteiger charge is -2.38. The Morgan fingerprint density at radius 2 is 2.00 bits per heavy atom. The highest BCUT2D eigenvalue weighted by Crippen LogP contribution is 2.36. The molecule has 130 valence electrons. The Morgan fingerprint density at radius 3 is 2.64 bits per heavy atom. The van der Waals surface area contributed by atoms with Crippen LogP contribution in [-0.2, 0) is 14.4 Å². The van der Waals surface area contributed by atoms with E-state index in [1.807, 2.05) is 0 Å². The van der Waals surface area contributed by atoms with Crippen LogP contribution < -0.4 is 16.4 Å². The van der Waals surface area contributed by atoms with Crippen LogP contribution in [0.5, 0.6) is 0 Å². The summed E-state index contributed by atoms with van der Waals surface area (Å²) in [6.45, 7) is 1.16. The van der Waals surface area contributed by atoms with Gasteiger partial charge >= 0.3 is 0 Å². The maximum absolute atomic E-state index is 12.9. The van der Waals surface area contributed by atoms with Gasteiger partial charge in [0, 0.05) is 6.42 Å². The van der Waals surface area contributed by atoms with E-state index in [1.54, 1.807) is 0 Å². The number of anilines is 1. The van der Waals surface area contributed by atoms with E-state index >= 15 is 0 Å². The number of hydrogen-bond acceptors (Lipinski definition) is 6. The number of carbonyl (C=O) groups excluding carboxylic acids is 5. The molecule has 0 spiro atoms. The molecule has 0 aliphatic carbocycles. The van der Waals surface area contributed by atoms with E-state index in [0.717, 1.165) is 4.90 Å². The minimum Gasteiger partial charge on any atom is -0.324 e. The Hall–Kier alpha value is -3.07. The lowest BCUT2D eigenvalue weighted by Crippen LogP contribution is -2.62. The summed E-state index contributed by atoms with van der Waals surface area (Å²) in [5, 5.41) is 4.64. The van der Waals surface area contributed by atoms with Gasteiger partial charge in [-0.2, -0.15) is 0 Å². The van der Waals surface area contributed by atoms with E-state index in [4.69, 9.17) is 5.73 Å². The zero-order chi connectivity index (χ0) is 18.4. The van der Waals surface area contributed by atoms with E-state index < -0.39 is 35.1 Å². The van der Waals surface area contributed by atoms with Gasteiger partial charge in [-0.05, 0) is 25.5 Å². The molecule has 4 N–H and O–H groups in total. The number of nitrogens with two attached hydrogens (primary N) is 1. The number of nitrogens with one attached hydrogen (secondary N) is 2. The molecular weight excluding hydrogens is 328 g/mol. The summed E-state index contributed by atoms with van der Waals surface area (Å²) >= 11 is 0. The molecule has 0 bridgehead atoms. The molecule has 9 heteroatoms. The Kier molecular flexibility index (Phi) is 3.88. The van der Waals surface area contributed by atoms with Crippen LogP contribution in [0.15, 0.2) is 18.2 Å². The molecule has 0 unspecified atom stereocenters. The first-order valence-corrected chi connectivity index (χ1v) is 7.65. The lowest BCUT2D eigenvalue weighted by atomic mass is 9.89. The number of amides is 5. The summed E-state index contributed by atoms with van der Waals surface area (Å²) in [4.78, 5) is 61.7. The molecule has 2 heterocycles. The first-order valence-electron chi connectivity index (χ1n) is 7.65. The second-order valence-electron chi connectivity index (χ2n) is 6.08. The maximum atomic E-state index is 12.9. The average molecular weight is 344 g/mol. The first-order chi connectivity index (χ1) is 11.8.